The number of nitrogens with one attached hydrogen (secondary N) is 1. The Balaban J connectivity index is 1.16. The lowest BCUT2D eigenvalue weighted by atomic mass is 9.99. The van der Waals surface area contributed by atoms with Crippen LogP contribution in [-0.4, -0.2) is 60.8 Å². The zero-order valence-corrected chi connectivity index (χ0v) is 18.0. The van der Waals surface area contributed by atoms with Crippen LogP contribution in [0.15, 0.2) is 54.6 Å². The average Bonchev–Trinajstić information content (AvgIpc) is 3.29. The fraction of sp³-hybridized carbons (Fsp3) is 0.360. The molecule has 3 aliphatic rings. The Morgan fingerprint density at radius 3 is 2.31 bits per heavy atom. The second kappa shape index (κ2) is 9.14. The number of carbonyl (C=O) groups is 2. The number of urea groups is 1. The lowest BCUT2D eigenvalue weighted by Gasteiger charge is -2.31. The fourth-order valence-electron chi connectivity index (χ4n) is 4.41. The smallest absolute Gasteiger partial charge is 0.322 e. The second-order valence-corrected chi connectivity index (χ2v) is 8.33. The quantitative estimate of drug-likeness (QED) is 0.807. The van der Waals surface area contributed by atoms with Crippen LogP contribution >= 0.6 is 0 Å². The molecule has 3 amide bonds. The zero-order valence-electron chi connectivity index (χ0n) is 18.0. The third-order valence-corrected chi connectivity index (χ3v) is 6.25. The van der Waals surface area contributed by atoms with Gasteiger partial charge in [-0.2, -0.15) is 0 Å². The van der Waals surface area contributed by atoms with Gasteiger partial charge in [0.05, 0.1) is 19.8 Å². The first kappa shape index (κ1) is 20.7. The minimum Gasteiger partial charge on any atom is -0.376 e. The van der Waals surface area contributed by atoms with Gasteiger partial charge in [-0.25, -0.2) is 4.79 Å². The first-order chi connectivity index (χ1) is 15.7. The molecule has 1 fully saturated rings. The maximum Gasteiger partial charge on any atom is 0.322 e. The van der Waals surface area contributed by atoms with E-state index < -0.39 is 6.10 Å². The molecule has 0 saturated carbocycles. The van der Waals surface area contributed by atoms with Crippen LogP contribution in [0.2, 0.25) is 0 Å². The number of fused-ring (bicyclic) bond motifs is 1. The Morgan fingerprint density at radius 1 is 0.938 bits per heavy atom. The summed E-state index contributed by atoms with van der Waals surface area (Å²) in [5.74, 6) is 0.00197. The van der Waals surface area contributed by atoms with Crippen LogP contribution in [0, 0.1) is 0 Å². The fourth-order valence-corrected chi connectivity index (χ4v) is 4.41. The molecule has 2 aromatic carbocycles. The average molecular weight is 434 g/mol. The molecular weight excluding hydrogens is 406 g/mol. The molecule has 1 N–H and O–H groups in total. The summed E-state index contributed by atoms with van der Waals surface area (Å²) in [6.45, 7) is 3.87. The molecule has 32 heavy (non-hydrogen) atoms. The standard InChI is InChI=1S/C25H27N3O4/c29-24(23-17-31-13-14-32-23)27-11-9-19(10-12-27)18-5-7-22(8-6-18)26-25(30)28-15-20-3-1-2-4-21(20)16-28/h1-9,23H,10-17H2,(H,26,30). The number of nitrogens with zero attached hydrogens (tertiary/aromatic N) is 2. The molecule has 7 heteroatoms. The summed E-state index contributed by atoms with van der Waals surface area (Å²) < 4.78 is 10.9. The number of benzene rings is 2. The van der Waals surface area contributed by atoms with Gasteiger partial charge in [-0.3, -0.25) is 4.79 Å². The largest absolute Gasteiger partial charge is 0.376 e. The maximum absolute atomic E-state index is 12.6. The molecule has 3 heterocycles. The van der Waals surface area contributed by atoms with E-state index in [1.54, 1.807) is 0 Å². The minimum absolute atomic E-state index is 0.00197. The van der Waals surface area contributed by atoms with Crippen molar-refractivity contribution in [1.82, 2.24) is 9.80 Å². The van der Waals surface area contributed by atoms with E-state index in [0.29, 0.717) is 46.0 Å². The van der Waals surface area contributed by atoms with Crippen LogP contribution < -0.4 is 5.32 Å². The molecule has 5 rings (SSSR count). The van der Waals surface area contributed by atoms with Crippen LogP contribution in [0.5, 0.6) is 0 Å². The van der Waals surface area contributed by atoms with Crippen molar-refractivity contribution in [2.45, 2.75) is 25.6 Å². The van der Waals surface area contributed by atoms with Crippen molar-refractivity contribution in [3.8, 4) is 0 Å². The first-order valence-electron chi connectivity index (χ1n) is 11.1. The lowest BCUT2D eigenvalue weighted by Crippen LogP contribution is -2.46. The van der Waals surface area contributed by atoms with E-state index in [-0.39, 0.29) is 11.9 Å². The van der Waals surface area contributed by atoms with Crippen molar-refractivity contribution in [3.05, 3.63) is 71.3 Å². The molecule has 0 spiro atoms. The molecule has 0 aromatic heterocycles. The van der Waals surface area contributed by atoms with Crippen molar-refractivity contribution in [1.29, 1.82) is 0 Å². The molecule has 1 atom stereocenters. The van der Waals surface area contributed by atoms with Crippen LogP contribution in [0.25, 0.3) is 5.57 Å². The highest BCUT2D eigenvalue weighted by Gasteiger charge is 2.28. The van der Waals surface area contributed by atoms with E-state index in [1.807, 2.05) is 46.2 Å². The van der Waals surface area contributed by atoms with Gasteiger partial charge >= 0.3 is 6.03 Å². The Hall–Kier alpha value is -3.16. The third kappa shape index (κ3) is 4.40. The Morgan fingerprint density at radius 2 is 1.69 bits per heavy atom. The third-order valence-electron chi connectivity index (χ3n) is 6.25. The van der Waals surface area contributed by atoms with Gasteiger partial charge in [-0.1, -0.05) is 42.5 Å². The van der Waals surface area contributed by atoms with E-state index >= 15 is 0 Å². The predicted octanol–water partition coefficient (Wildman–Crippen LogP) is 3.27. The highest BCUT2D eigenvalue weighted by molar-refractivity contribution is 5.90. The van der Waals surface area contributed by atoms with Gasteiger partial charge < -0.3 is 24.6 Å². The molecule has 0 aliphatic carbocycles. The molecule has 2 aromatic rings. The predicted molar refractivity (Wildman–Crippen MR) is 121 cm³/mol. The number of ether oxygens (including phenoxy) is 2. The molecule has 3 aliphatic heterocycles. The SMILES string of the molecule is O=C(Nc1ccc(C2=CCN(C(=O)C3COCCO3)CC2)cc1)N1Cc2ccccc2C1. The number of rotatable bonds is 3. The summed E-state index contributed by atoms with van der Waals surface area (Å²) in [5.41, 5.74) is 5.51. The highest BCUT2D eigenvalue weighted by Crippen LogP contribution is 2.26. The second-order valence-electron chi connectivity index (χ2n) is 8.33. The van der Waals surface area contributed by atoms with E-state index in [1.165, 1.54) is 16.7 Å². The number of carbonyl (C=O) groups excluding carboxylic acids is 2. The van der Waals surface area contributed by atoms with E-state index in [2.05, 4.69) is 23.5 Å². The number of amides is 3. The molecule has 0 radical (unpaired) electrons. The van der Waals surface area contributed by atoms with Crippen molar-refractivity contribution in [3.63, 3.8) is 0 Å². The molecule has 1 saturated heterocycles. The summed E-state index contributed by atoms with van der Waals surface area (Å²) in [5, 5.41) is 3.00. The first-order valence-corrected chi connectivity index (χ1v) is 11.1. The molecular formula is C25H27N3O4. The van der Waals surface area contributed by atoms with Crippen LogP contribution in [0.4, 0.5) is 10.5 Å². The van der Waals surface area contributed by atoms with E-state index in [0.717, 1.165) is 17.7 Å². The van der Waals surface area contributed by atoms with Gasteiger partial charge in [-0.05, 0) is 40.8 Å². The monoisotopic (exact) mass is 433 g/mol. The molecule has 1 unspecified atom stereocenters. The molecule has 0 bridgehead atoms. The summed E-state index contributed by atoms with van der Waals surface area (Å²) in [7, 11) is 0. The highest BCUT2D eigenvalue weighted by atomic mass is 16.6. The Labute approximate surface area is 187 Å². The van der Waals surface area contributed by atoms with Crippen LogP contribution in [0.3, 0.4) is 0 Å². The van der Waals surface area contributed by atoms with Gasteiger partial charge in [-0.15, -0.1) is 0 Å². The van der Waals surface area contributed by atoms with Gasteiger partial charge in [0.15, 0.2) is 6.10 Å². The van der Waals surface area contributed by atoms with E-state index in [9.17, 15) is 9.59 Å². The Bertz CT molecular complexity index is 1000. The van der Waals surface area contributed by atoms with Gasteiger partial charge in [0.1, 0.15) is 0 Å². The van der Waals surface area contributed by atoms with Crippen molar-refractivity contribution >= 4 is 23.2 Å². The molecule has 166 valence electrons. The van der Waals surface area contributed by atoms with Crippen LogP contribution in [0.1, 0.15) is 23.1 Å². The number of anilines is 1. The van der Waals surface area contributed by atoms with Gasteiger partial charge in [0, 0.05) is 31.9 Å². The zero-order chi connectivity index (χ0) is 21.9. The normalized spacial score (nSPS) is 20.5. The maximum atomic E-state index is 12.6. The van der Waals surface area contributed by atoms with Crippen molar-refractivity contribution < 1.29 is 19.1 Å². The Kier molecular flexibility index (Phi) is 5.92. The van der Waals surface area contributed by atoms with Crippen molar-refractivity contribution in [2.75, 3.05) is 38.2 Å². The summed E-state index contributed by atoms with van der Waals surface area (Å²) in [6.07, 6.45) is 2.40. The van der Waals surface area contributed by atoms with Crippen molar-refractivity contribution in [2.24, 2.45) is 0 Å². The summed E-state index contributed by atoms with van der Waals surface area (Å²) in [6, 6.07) is 16.0. The van der Waals surface area contributed by atoms with Crippen LogP contribution in [-0.2, 0) is 27.4 Å². The molecule has 7 nitrogen and oxygen atoms in total. The minimum atomic E-state index is -0.481. The van der Waals surface area contributed by atoms with Gasteiger partial charge in [0.2, 0.25) is 0 Å². The number of hydrogen-bond donors (Lipinski definition) is 1. The van der Waals surface area contributed by atoms with Gasteiger partial charge in [0.25, 0.3) is 5.91 Å². The lowest BCUT2D eigenvalue weighted by molar-refractivity contribution is -0.157. The topological polar surface area (TPSA) is 71.1 Å². The summed E-state index contributed by atoms with van der Waals surface area (Å²) in [4.78, 5) is 28.9. The number of hydrogen-bond acceptors (Lipinski definition) is 4. The summed E-state index contributed by atoms with van der Waals surface area (Å²) >= 11 is 0. The van der Waals surface area contributed by atoms with E-state index in [4.69, 9.17) is 9.47 Å².